The number of nitrogens with one attached hydrogen (secondary N) is 1. The van der Waals surface area contributed by atoms with Crippen LogP contribution in [-0.4, -0.2) is 9.97 Å². The van der Waals surface area contributed by atoms with Crippen molar-refractivity contribution in [3.63, 3.8) is 0 Å². The predicted molar refractivity (Wildman–Crippen MR) is 97.4 cm³/mol. The smallest absolute Gasteiger partial charge is 0.260 e. The van der Waals surface area contributed by atoms with Gasteiger partial charge in [0.05, 0.1) is 10.4 Å². The van der Waals surface area contributed by atoms with E-state index in [4.69, 9.17) is 23.2 Å². The number of aromatic amines is 1. The van der Waals surface area contributed by atoms with Crippen LogP contribution < -0.4 is 5.56 Å². The SMILES string of the molecule is O=c1[nH]c(/C(Cl)=C/c2ccccc2Cl)nc2sc3c(c12)CCC3. The van der Waals surface area contributed by atoms with E-state index >= 15 is 0 Å². The Kier molecular flexibility index (Phi) is 3.76. The summed E-state index contributed by atoms with van der Waals surface area (Å²) >= 11 is 14.1. The lowest BCUT2D eigenvalue weighted by atomic mass is 10.2. The van der Waals surface area contributed by atoms with Gasteiger partial charge in [-0.15, -0.1) is 11.3 Å². The van der Waals surface area contributed by atoms with Crippen LogP contribution in [-0.2, 0) is 12.8 Å². The van der Waals surface area contributed by atoms with E-state index in [9.17, 15) is 4.79 Å². The second kappa shape index (κ2) is 5.78. The summed E-state index contributed by atoms with van der Waals surface area (Å²) in [5, 5.41) is 1.70. The normalized spacial score (nSPS) is 14.4. The summed E-state index contributed by atoms with van der Waals surface area (Å²) in [7, 11) is 0. The fraction of sp³-hybridized carbons (Fsp3) is 0.176. The summed E-state index contributed by atoms with van der Waals surface area (Å²) in [6, 6.07) is 7.39. The molecule has 3 nitrogen and oxygen atoms in total. The second-order valence-corrected chi connectivity index (χ2v) is 7.36. The van der Waals surface area contributed by atoms with Crippen molar-refractivity contribution in [2.24, 2.45) is 0 Å². The van der Waals surface area contributed by atoms with Gasteiger partial charge in [-0.2, -0.15) is 0 Å². The van der Waals surface area contributed by atoms with Crippen LogP contribution in [0.2, 0.25) is 5.02 Å². The lowest BCUT2D eigenvalue weighted by Crippen LogP contribution is -2.10. The van der Waals surface area contributed by atoms with E-state index in [1.54, 1.807) is 23.5 Å². The standard InChI is InChI=1S/C17H12Cl2N2OS/c18-11-6-2-1-4-9(11)8-12(19)15-20-16(22)14-10-5-3-7-13(10)23-17(14)21-15/h1-2,4,6,8H,3,5,7H2,(H,20,21,22)/b12-8-. The number of H-pyrrole nitrogens is 1. The van der Waals surface area contributed by atoms with Crippen molar-refractivity contribution in [3.8, 4) is 0 Å². The maximum absolute atomic E-state index is 12.4. The number of halogens is 2. The van der Waals surface area contributed by atoms with E-state index in [0.717, 1.165) is 40.6 Å². The molecule has 0 saturated heterocycles. The molecule has 0 fully saturated rings. The van der Waals surface area contributed by atoms with E-state index in [1.807, 2.05) is 18.2 Å². The Morgan fingerprint density at radius 3 is 2.96 bits per heavy atom. The molecule has 0 amide bonds. The molecule has 0 atom stereocenters. The molecule has 0 aliphatic heterocycles. The lowest BCUT2D eigenvalue weighted by Gasteiger charge is -2.02. The molecule has 0 unspecified atom stereocenters. The Labute approximate surface area is 146 Å². The van der Waals surface area contributed by atoms with Crippen molar-refractivity contribution in [2.75, 3.05) is 0 Å². The average Bonchev–Trinajstić information content (AvgIpc) is 3.09. The maximum atomic E-state index is 12.4. The van der Waals surface area contributed by atoms with Crippen LogP contribution in [0.15, 0.2) is 29.1 Å². The van der Waals surface area contributed by atoms with E-state index in [1.165, 1.54) is 4.88 Å². The van der Waals surface area contributed by atoms with Crippen molar-refractivity contribution >= 4 is 55.9 Å². The average molecular weight is 363 g/mol. The van der Waals surface area contributed by atoms with Crippen molar-refractivity contribution in [1.29, 1.82) is 0 Å². The van der Waals surface area contributed by atoms with Gasteiger partial charge in [-0.05, 0) is 42.5 Å². The third-order valence-corrected chi connectivity index (χ3v) is 5.81. The van der Waals surface area contributed by atoms with Gasteiger partial charge < -0.3 is 4.98 Å². The van der Waals surface area contributed by atoms with Crippen molar-refractivity contribution in [3.05, 3.63) is 61.5 Å². The second-order valence-electron chi connectivity index (χ2n) is 5.47. The molecule has 1 N–H and O–H groups in total. The molecule has 3 aromatic rings. The summed E-state index contributed by atoms with van der Waals surface area (Å²) in [5.74, 6) is 0.379. The van der Waals surface area contributed by atoms with E-state index < -0.39 is 0 Å². The third-order valence-electron chi connectivity index (χ3n) is 3.99. The van der Waals surface area contributed by atoms with Crippen molar-refractivity contribution in [1.82, 2.24) is 9.97 Å². The minimum Gasteiger partial charge on any atom is -0.305 e. The minimum atomic E-state index is -0.116. The molecule has 0 radical (unpaired) electrons. The van der Waals surface area contributed by atoms with Crippen LogP contribution in [0.1, 0.15) is 28.2 Å². The van der Waals surface area contributed by atoms with Gasteiger partial charge in [-0.3, -0.25) is 4.79 Å². The van der Waals surface area contributed by atoms with Crippen LogP contribution in [0.5, 0.6) is 0 Å². The first-order valence-corrected chi connectivity index (χ1v) is 8.87. The number of nitrogens with zero attached hydrogens (tertiary/aromatic N) is 1. The molecule has 0 spiro atoms. The van der Waals surface area contributed by atoms with Gasteiger partial charge >= 0.3 is 0 Å². The fourth-order valence-electron chi connectivity index (χ4n) is 2.91. The van der Waals surface area contributed by atoms with Gasteiger partial charge in [0, 0.05) is 9.90 Å². The highest BCUT2D eigenvalue weighted by Crippen LogP contribution is 2.35. The summed E-state index contributed by atoms with van der Waals surface area (Å²) < 4.78 is 0. The summed E-state index contributed by atoms with van der Waals surface area (Å²) in [5.41, 5.74) is 1.84. The number of aromatic nitrogens is 2. The quantitative estimate of drug-likeness (QED) is 0.707. The summed E-state index contributed by atoms with van der Waals surface area (Å²) in [6.45, 7) is 0. The molecule has 1 aliphatic carbocycles. The molecule has 2 heterocycles. The van der Waals surface area contributed by atoms with Crippen LogP contribution in [0.25, 0.3) is 21.3 Å². The Morgan fingerprint density at radius 1 is 1.30 bits per heavy atom. The topological polar surface area (TPSA) is 45.8 Å². The van der Waals surface area contributed by atoms with E-state index in [2.05, 4.69) is 9.97 Å². The molecule has 4 rings (SSSR count). The molecule has 1 aromatic carbocycles. The lowest BCUT2D eigenvalue weighted by molar-refractivity contribution is 0.916. The molecule has 2 aromatic heterocycles. The highest BCUT2D eigenvalue weighted by atomic mass is 35.5. The molecular formula is C17H12Cl2N2OS. The Bertz CT molecular complexity index is 1000. The number of aryl methyl sites for hydroxylation is 2. The van der Waals surface area contributed by atoms with Gasteiger partial charge in [-0.1, -0.05) is 41.4 Å². The summed E-state index contributed by atoms with van der Waals surface area (Å²) in [6.07, 6.45) is 4.83. The zero-order valence-electron chi connectivity index (χ0n) is 12.0. The highest BCUT2D eigenvalue weighted by molar-refractivity contribution is 7.18. The number of benzene rings is 1. The maximum Gasteiger partial charge on any atom is 0.260 e. The molecular weight excluding hydrogens is 351 g/mol. The zero-order chi connectivity index (χ0) is 16.0. The number of hydrogen-bond acceptors (Lipinski definition) is 3. The fourth-order valence-corrected chi connectivity index (χ4v) is 4.57. The summed E-state index contributed by atoms with van der Waals surface area (Å²) in [4.78, 5) is 21.8. The molecule has 23 heavy (non-hydrogen) atoms. The van der Waals surface area contributed by atoms with Crippen LogP contribution >= 0.6 is 34.5 Å². The molecule has 0 bridgehead atoms. The Balaban J connectivity index is 1.84. The van der Waals surface area contributed by atoms with E-state index in [-0.39, 0.29) is 5.56 Å². The van der Waals surface area contributed by atoms with Gasteiger partial charge in [-0.25, -0.2) is 4.98 Å². The van der Waals surface area contributed by atoms with Crippen molar-refractivity contribution < 1.29 is 0 Å². The molecule has 6 heteroatoms. The first kappa shape index (κ1) is 14.9. The highest BCUT2D eigenvalue weighted by Gasteiger charge is 2.21. The predicted octanol–water partition coefficient (Wildman–Crippen LogP) is 4.86. The zero-order valence-corrected chi connectivity index (χ0v) is 14.4. The molecule has 0 saturated carbocycles. The number of thiophene rings is 1. The minimum absolute atomic E-state index is 0.116. The number of hydrogen-bond donors (Lipinski definition) is 1. The monoisotopic (exact) mass is 362 g/mol. The molecule has 116 valence electrons. The number of fused-ring (bicyclic) bond motifs is 3. The van der Waals surface area contributed by atoms with Gasteiger partial charge in [0.1, 0.15) is 4.83 Å². The van der Waals surface area contributed by atoms with Crippen LogP contribution in [0, 0.1) is 0 Å². The largest absolute Gasteiger partial charge is 0.305 e. The third kappa shape index (κ3) is 2.61. The first-order chi connectivity index (χ1) is 11.1. The first-order valence-electron chi connectivity index (χ1n) is 7.30. The number of rotatable bonds is 2. The Morgan fingerprint density at radius 2 is 2.13 bits per heavy atom. The van der Waals surface area contributed by atoms with Gasteiger partial charge in [0.2, 0.25) is 0 Å². The van der Waals surface area contributed by atoms with E-state index in [0.29, 0.717) is 15.9 Å². The van der Waals surface area contributed by atoms with Crippen LogP contribution in [0.4, 0.5) is 0 Å². The Hall–Kier alpha value is -1.62. The van der Waals surface area contributed by atoms with Crippen LogP contribution in [0.3, 0.4) is 0 Å². The molecule has 1 aliphatic rings. The van der Waals surface area contributed by atoms with Gasteiger partial charge in [0.25, 0.3) is 5.56 Å². The van der Waals surface area contributed by atoms with Gasteiger partial charge in [0.15, 0.2) is 5.82 Å². The van der Waals surface area contributed by atoms with Crippen molar-refractivity contribution in [2.45, 2.75) is 19.3 Å².